The fourth-order valence-corrected chi connectivity index (χ4v) is 0.393. The highest BCUT2D eigenvalue weighted by Gasteiger charge is 1.94. The minimum Gasteiger partial charge on any atom is -0.481 e. The van der Waals surface area contributed by atoms with Crippen molar-refractivity contribution in [2.45, 2.75) is 33.1 Å². The molecule has 0 fully saturated rings. The molecule has 5 nitrogen and oxygen atoms in total. The molecule has 0 radical (unpaired) electrons. The molecular formula is C7H15NO4. The van der Waals surface area contributed by atoms with Gasteiger partial charge >= 0.3 is 0 Å². The molecule has 3 N–H and O–H groups in total. The molecule has 0 unspecified atom stereocenters. The molecule has 72 valence electrons. The first-order chi connectivity index (χ1) is 5.54. The molecule has 0 heterocycles. The van der Waals surface area contributed by atoms with Gasteiger partial charge in [-0.05, 0) is 6.42 Å². The summed E-state index contributed by atoms with van der Waals surface area (Å²) in [4.78, 5) is 19.2. The Hall–Kier alpha value is -1.10. The topological polar surface area (TPSA) is 86.6 Å². The van der Waals surface area contributed by atoms with Crippen molar-refractivity contribution in [1.82, 2.24) is 5.48 Å². The highest BCUT2D eigenvalue weighted by atomic mass is 16.5. The van der Waals surface area contributed by atoms with Gasteiger partial charge in [0, 0.05) is 13.3 Å². The largest absolute Gasteiger partial charge is 0.481 e. The lowest BCUT2D eigenvalue weighted by Gasteiger charge is -1.92. The van der Waals surface area contributed by atoms with Gasteiger partial charge in [-0.1, -0.05) is 13.3 Å². The highest BCUT2D eigenvalue weighted by Crippen LogP contribution is 1.91. The van der Waals surface area contributed by atoms with Crippen LogP contribution >= 0.6 is 0 Å². The molecule has 5 heteroatoms. The van der Waals surface area contributed by atoms with E-state index in [-0.39, 0.29) is 5.91 Å². The summed E-state index contributed by atoms with van der Waals surface area (Å²) >= 11 is 0. The minimum absolute atomic E-state index is 0.299. The van der Waals surface area contributed by atoms with Crippen molar-refractivity contribution in [3.05, 3.63) is 0 Å². The van der Waals surface area contributed by atoms with E-state index in [0.717, 1.165) is 19.8 Å². The third-order valence-electron chi connectivity index (χ3n) is 0.882. The minimum atomic E-state index is -0.833. The van der Waals surface area contributed by atoms with E-state index < -0.39 is 5.97 Å². The smallest absolute Gasteiger partial charge is 0.300 e. The van der Waals surface area contributed by atoms with Crippen LogP contribution in [-0.4, -0.2) is 22.2 Å². The van der Waals surface area contributed by atoms with Crippen LogP contribution in [0.2, 0.25) is 0 Å². The summed E-state index contributed by atoms with van der Waals surface area (Å²) in [5.41, 5.74) is 1.56. The number of carboxylic acid groups (broad SMARTS) is 1. The summed E-state index contributed by atoms with van der Waals surface area (Å²) in [7, 11) is 0. The van der Waals surface area contributed by atoms with E-state index in [0.29, 0.717) is 6.42 Å². The normalized spacial score (nSPS) is 7.92. The van der Waals surface area contributed by atoms with Crippen molar-refractivity contribution in [2.24, 2.45) is 0 Å². The summed E-state index contributed by atoms with van der Waals surface area (Å²) in [6.07, 6.45) is 2.24. The van der Waals surface area contributed by atoms with Gasteiger partial charge in [0.1, 0.15) is 0 Å². The maximum absolute atomic E-state index is 10.2. The second-order valence-electron chi connectivity index (χ2n) is 2.16. The summed E-state index contributed by atoms with van der Waals surface area (Å²) in [6.45, 7) is 3.07. The molecule has 0 aliphatic carbocycles. The number of carbonyl (C=O) groups is 2. The molecule has 0 aromatic carbocycles. The Morgan fingerprint density at radius 3 is 2.08 bits per heavy atom. The molecule has 12 heavy (non-hydrogen) atoms. The van der Waals surface area contributed by atoms with Crippen LogP contribution in [0.5, 0.6) is 0 Å². The zero-order valence-corrected chi connectivity index (χ0v) is 7.33. The average Bonchev–Trinajstić information content (AvgIpc) is 1.99. The van der Waals surface area contributed by atoms with E-state index in [2.05, 4.69) is 0 Å². The maximum atomic E-state index is 10.2. The summed E-state index contributed by atoms with van der Waals surface area (Å²) in [5, 5.41) is 15.4. The number of carbonyl (C=O) groups excluding carboxylic acids is 1. The number of nitrogens with one attached hydrogen (secondary N) is 1. The predicted molar refractivity (Wildman–Crippen MR) is 42.8 cm³/mol. The average molecular weight is 177 g/mol. The lowest BCUT2D eigenvalue weighted by atomic mass is 10.2. The monoisotopic (exact) mass is 177 g/mol. The van der Waals surface area contributed by atoms with E-state index >= 15 is 0 Å². The van der Waals surface area contributed by atoms with Crippen LogP contribution in [0.4, 0.5) is 0 Å². The van der Waals surface area contributed by atoms with Crippen LogP contribution in [0.3, 0.4) is 0 Å². The van der Waals surface area contributed by atoms with Crippen LogP contribution < -0.4 is 5.48 Å². The predicted octanol–water partition coefficient (Wildman–Crippen LogP) is 0.773. The van der Waals surface area contributed by atoms with Crippen molar-refractivity contribution in [3.63, 3.8) is 0 Å². The number of aliphatic carboxylic acids is 1. The van der Waals surface area contributed by atoms with E-state index in [1.807, 2.05) is 6.92 Å². The first-order valence-corrected chi connectivity index (χ1v) is 3.67. The number of rotatable bonds is 3. The van der Waals surface area contributed by atoms with Gasteiger partial charge in [-0.25, -0.2) is 5.48 Å². The zero-order chi connectivity index (χ0) is 9.98. The number of hydrogen-bond donors (Lipinski definition) is 3. The van der Waals surface area contributed by atoms with Gasteiger partial charge in [-0.3, -0.25) is 14.8 Å². The van der Waals surface area contributed by atoms with Gasteiger partial charge in [0.25, 0.3) is 5.97 Å². The number of carboxylic acids is 1. The Morgan fingerprint density at radius 2 is 1.83 bits per heavy atom. The number of hydroxylamine groups is 1. The van der Waals surface area contributed by atoms with Crippen LogP contribution in [0.1, 0.15) is 33.1 Å². The Labute approximate surface area is 71.4 Å². The van der Waals surface area contributed by atoms with Crippen molar-refractivity contribution >= 4 is 11.9 Å². The van der Waals surface area contributed by atoms with Gasteiger partial charge in [-0.2, -0.15) is 0 Å². The van der Waals surface area contributed by atoms with Gasteiger partial charge in [0.05, 0.1) is 0 Å². The first-order valence-electron chi connectivity index (χ1n) is 3.67. The molecule has 0 aliphatic heterocycles. The molecule has 0 atom stereocenters. The van der Waals surface area contributed by atoms with Crippen LogP contribution in [-0.2, 0) is 9.59 Å². The Kier molecular flexibility index (Phi) is 11.1. The fourth-order valence-electron chi connectivity index (χ4n) is 0.393. The van der Waals surface area contributed by atoms with Gasteiger partial charge < -0.3 is 5.11 Å². The van der Waals surface area contributed by atoms with Crippen LogP contribution in [0.25, 0.3) is 0 Å². The van der Waals surface area contributed by atoms with Crippen LogP contribution in [0, 0.1) is 0 Å². The lowest BCUT2D eigenvalue weighted by Crippen LogP contribution is -2.17. The van der Waals surface area contributed by atoms with Crippen molar-refractivity contribution < 1.29 is 19.9 Å². The third-order valence-corrected chi connectivity index (χ3v) is 0.882. The second kappa shape index (κ2) is 9.90. The van der Waals surface area contributed by atoms with Crippen LogP contribution in [0.15, 0.2) is 0 Å². The Morgan fingerprint density at radius 1 is 1.42 bits per heavy atom. The van der Waals surface area contributed by atoms with Crippen molar-refractivity contribution in [2.75, 3.05) is 0 Å². The molecule has 0 aromatic heterocycles. The Balaban J connectivity index is 0. The molecule has 0 saturated carbocycles. The van der Waals surface area contributed by atoms with Crippen molar-refractivity contribution in [1.29, 1.82) is 0 Å². The highest BCUT2D eigenvalue weighted by molar-refractivity contribution is 5.74. The van der Waals surface area contributed by atoms with Gasteiger partial charge in [0.2, 0.25) is 5.91 Å². The van der Waals surface area contributed by atoms with E-state index in [9.17, 15) is 4.79 Å². The molecule has 0 aromatic rings. The SMILES string of the molecule is CC(=O)O.CCCCC(=O)NO. The van der Waals surface area contributed by atoms with E-state index in [4.69, 9.17) is 15.1 Å². The number of amides is 1. The quantitative estimate of drug-likeness (QED) is 0.439. The number of unbranched alkanes of at least 4 members (excludes halogenated alkanes) is 1. The second-order valence-corrected chi connectivity index (χ2v) is 2.16. The maximum Gasteiger partial charge on any atom is 0.300 e. The molecular weight excluding hydrogens is 162 g/mol. The molecule has 0 spiro atoms. The molecule has 0 aliphatic rings. The Bertz CT molecular complexity index is 131. The molecule has 0 saturated heterocycles. The molecule has 1 amide bonds. The van der Waals surface area contributed by atoms with E-state index in [1.165, 1.54) is 0 Å². The first kappa shape index (κ1) is 13.5. The fraction of sp³-hybridized carbons (Fsp3) is 0.714. The van der Waals surface area contributed by atoms with E-state index in [1.54, 1.807) is 5.48 Å². The lowest BCUT2D eigenvalue weighted by molar-refractivity contribution is -0.134. The third kappa shape index (κ3) is 23.1. The van der Waals surface area contributed by atoms with Gasteiger partial charge in [0.15, 0.2) is 0 Å². The summed E-state index contributed by atoms with van der Waals surface area (Å²) in [6, 6.07) is 0. The standard InChI is InChI=1S/C5H11NO2.C2H4O2/c1-2-3-4-5(7)6-8;1-2(3)4/h8H,2-4H2,1H3,(H,6,7);1H3,(H,3,4). The van der Waals surface area contributed by atoms with Gasteiger partial charge in [-0.15, -0.1) is 0 Å². The zero-order valence-electron chi connectivity index (χ0n) is 7.33. The summed E-state index contributed by atoms with van der Waals surface area (Å²) < 4.78 is 0. The molecule has 0 rings (SSSR count). The van der Waals surface area contributed by atoms with Crippen molar-refractivity contribution in [3.8, 4) is 0 Å². The number of hydrogen-bond acceptors (Lipinski definition) is 3. The molecule has 0 bridgehead atoms. The summed E-state index contributed by atoms with van der Waals surface area (Å²) in [5.74, 6) is -1.13.